The molecule has 0 aromatic heterocycles. The van der Waals surface area contributed by atoms with Gasteiger partial charge in [0.15, 0.2) is 0 Å². The van der Waals surface area contributed by atoms with Crippen LogP contribution in [-0.4, -0.2) is 71.8 Å². The molecule has 0 aromatic carbocycles. The summed E-state index contributed by atoms with van der Waals surface area (Å²) in [7, 11) is 0. The van der Waals surface area contributed by atoms with E-state index in [9.17, 15) is 9.90 Å². The maximum absolute atomic E-state index is 11.3. The minimum atomic E-state index is -0.678. The molecular formula is C15H28N2O3. The smallest absolute Gasteiger partial charge is 0.320 e. The monoisotopic (exact) mass is 284 g/mol. The third-order valence-electron chi connectivity index (χ3n) is 5.18. The normalized spacial score (nSPS) is 26.3. The SMILES string of the molecule is CCC(C(=O)O)N1CCC(CC)(N2CCOCC2)CC1. The summed E-state index contributed by atoms with van der Waals surface area (Å²) in [4.78, 5) is 16.0. The first-order valence-corrected chi connectivity index (χ1v) is 7.92. The number of carboxylic acids is 1. The lowest BCUT2D eigenvalue weighted by molar-refractivity contribution is -0.145. The number of ether oxygens (including phenoxy) is 1. The number of hydrogen-bond acceptors (Lipinski definition) is 4. The summed E-state index contributed by atoms with van der Waals surface area (Å²) in [5.74, 6) is -0.678. The summed E-state index contributed by atoms with van der Waals surface area (Å²) in [5, 5.41) is 9.29. The Bertz CT molecular complexity index is 321. The topological polar surface area (TPSA) is 53.0 Å². The lowest BCUT2D eigenvalue weighted by Crippen LogP contribution is -2.59. The van der Waals surface area contributed by atoms with Gasteiger partial charge in [0.1, 0.15) is 6.04 Å². The Kier molecular flexibility index (Phi) is 5.41. The van der Waals surface area contributed by atoms with Crippen molar-refractivity contribution < 1.29 is 14.6 Å². The van der Waals surface area contributed by atoms with Gasteiger partial charge in [-0.1, -0.05) is 13.8 Å². The van der Waals surface area contributed by atoms with Gasteiger partial charge in [0, 0.05) is 31.7 Å². The molecule has 116 valence electrons. The summed E-state index contributed by atoms with van der Waals surface area (Å²) in [6, 6.07) is -0.311. The first kappa shape index (κ1) is 15.7. The molecular weight excluding hydrogens is 256 g/mol. The molecule has 2 heterocycles. The fraction of sp³-hybridized carbons (Fsp3) is 0.933. The van der Waals surface area contributed by atoms with Crippen LogP contribution in [0.3, 0.4) is 0 Å². The maximum atomic E-state index is 11.3. The van der Waals surface area contributed by atoms with Crippen molar-refractivity contribution in [3.63, 3.8) is 0 Å². The highest BCUT2D eigenvalue weighted by molar-refractivity contribution is 5.73. The molecule has 2 aliphatic heterocycles. The van der Waals surface area contributed by atoms with E-state index in [2.05, 4.69) is 16.7 Å². The van der Waals surface area contributed by atoms with Crippen molar-refractivity contribution in [1.82, 2.24) is 9.80 Å². The van der Waals surface area contributed by atoms with Crippen molar-refractivity contribution in [3.05, 3.63) is 0 Å². The van der Waals surface area contributed by atoms with Crippen molar-refractivity contribution in [2.75, 3.05) is 39.4 Å². The Labute approximate surface area is 121 Å². The van der Waals surface area contributed by atoms with Gasteiger partial charge in [-0.15, -0.1) is 0 Å². The highest BCUT2D eigenvalue weighted by Gasteiger charge is 2.40. The fourth-order valence-electron chi connectivity index (χ4n) is 3.77. The predicted octanol–water partition coefficient (Wildman–Crippen LogP) is 1.43. The second-order valence-electron chi connectivity index (χ2n) is 5.98. The number of morpholine rings is 1. The van der Waals surface area contributed by atoms with Gasteiger partial charge in [-0.3, -0.25) is 14.6 Å². The van der Waals surface area contributed by atoms with Gasteiger partial charge in [0.2, 0.25) is 0 Å². The quantitative estimate of drug-likeness (QED) is 0.827. The highest BCUT2D eigenvalue weighted by atomic mass is 16.5. The average molecular weight is 284 g/mol. The Hall–Kier alpha value is -0.650. The van der Waals surface area contributed by atoms with Crippen molar-refractivity contribution >= 4 is 5.97 Å². The van der Waals surface area contributed by atoms with Crippen LogP contribution in [0, 0.1) is 0 Å². The molecule has 0 bridgehead atoms. The van der Waals surface area contributed by atoms with Crippen LogP contribution in [0.25, 0.3) is 0 Å². The maximum Gasteiger partial charge on any atom is 0.320 e. The third-order valence-corrected chi connectivity index (χ3v) is 5.18. The van der Waals surface area contributed by atoms with Crippen LogP contribution in [0.2, 0.25) is 0 Å². The second kappa shape index (κ2) is 6.87. The number of carboxylic acid groups (broad SMARTS) is 1. The van der Waals surface area contributed by atoms with Crippen molar-refractivity contribution in [3.8, 4) is 0 Å². The number of aliphatic carboxylic acids is 1. The molecule has 1 atom stereocenters. The van der Waals surface area contributed by atoms with E-state index < -0.39 is 5.97 Å². The molecule has 0 amide bonds. The summed E-state index contributed by atoms with van der Waals surface area (Å²) in [6.07, 6.45) is 3.98. The van der Waals surface area contributed by atoms with E-state index >= 15 is 0 Å². The Morgan fingerprint density at radius 3 is 2.25 bits per heavy atom. The number of likely N-dealkylation sites (tertiary alicyclic amines) is 1. The van der Waals surface area contributed by atoms with E-state index in [1.54, 1.807) is 0 Å². The lowest BCUT2D eigenvalue weighted by Gasteiger charge is -2.50. The number of rotatable bonds is 5. The molecule has 2 rings (SSSR count). The van der Waals surface area contributed by atoms with Crippen molar-refractivity contribution in [2.45, 2.75) is 51.1 Å². The van der Waals surface area contributed by atoms with Crippen LogP contribution >= 0.6 is 0 Å². The third kappa shape index (κ3) is 3.15. The zero-order chi connectivity index (χ0) is 14.6. The zero-order valence-electron chi connectivity index (χ0n) is 12.8. The number of hydrogen-bond donors (Lipinski definition) is 1. The van der Waals surface area contributed by atoms with Crippen LogP contribution in [0.4, 0.5) is 0 Å². The van der Waals surface area contributed by atoms with Crippen LogP contribution < -0.4 is 0 Å². The van der Waals surface area contributed by atoms with Crippen molar-refractivity contribution in [2.24, 2.45) is 0 Å². The molecule has 2 saturated heterocycles. The molecule has 0 aliphatic carbocycles. The Balaban J connectivity index is 1.98. The van der Waals surface area contributed by atoms with Crippen molar-refractivity contribution in [1.29, 1.82) is 0 Å². The number of nitrogens with zero attached hydrogens (tertiary/aromatic N) is 2. The van der Waals surface area contributed by atoms with E-state index in [0.717, 1.165) is 58.7 Å². The van der Waals surface area contributed by atoms with E-state index in [-0.39, 0.29) is 11.6 Å². The molecule has 0 radical (unpaired) electrons. The summed E-state index contributed by atoms with van der Waals surface area (Å²) >= 11 is 0. The molecule has 20 heavy (non-hydrogen) atoms. The van der Waals surface area contributed by atoms with Crippen LogP contribution in [0.15, 0.2) is 0 Å². The molecule has 1 N–H and O–H groups in total. The molecule has 5 nitrogen and oxygen atoms in total. The van der Waals surface area contributed by atoms with E-state index in [1.165, 1.54) is 0 Å². The predicted molar refractivity (Wildman–Crippen MR) is 77.9 cm³/mol. The standard InChI is InChI=1S/C15H28N2O3/c1-3-13(14(18)19)16-7-5-15(4-2,6-8-16)17-9-11-20-12-10-17/h13H,3-12H2,1-2H3,(H,18,19). The molecule has 5 heteroatoms. The molecule has 1 unspecified atom stereocenters. The van der Waals surface area contributed by atoms with Gasteiger partial charge >= 0.3 is 5.97 Å². The summed E-state index contributed by atoms with van der Waals surface area (Å²) in [6.45, 7) is 9.72. The average Bonchev–Trinajstić information content (AvgIpc) is 2.49. The molecule has 0 aromatic rings. The second-order valence-corrected chi connectivity index (χ2v) is 5.98. The summed E-state index contributed by atoms with van der Waals surface area (Å²) < 4.78 is 5.46. The van der Waals surface area contributed by atoms with Gasteiger partial charge in [-0.25, -0.2) is 0 Å². The van der Waals surface area contributed by atoms with Crippen LogP contribution in [0.1, 0.15) is 39.5 Å². The van der Waals surface area contributed by atoms with Gasteiger partial charge in [-0.05, 0) is 25.7 Å². The fourth-order valence-corrected chi connectivity index (χ4v) is 3.77. The first-order valence-electron chi connectivity index (χ1n) is 7.92. The highest BCUT2D eigenvalue weighted by Crippen LogP contribution is 2.33. The molecule has 0 spiro atoms. The molecule has 0 saturated carbocycles. The van der Waals surface area contributed by atoms with Gasteiger partial charge in [0.25, 0.3) is 0 Å². The van der Waals surface area contributed by atoms with Gasteiger partial charge in [-0.2, -0.15) is 0 Å². The lowest BCUT2D eigenvalue weighted by atomic mass is 9.82. The van der Waals surface area contributed by atoms with E-state index in [0.29, 0.717) is 6.42 Å². The number of piperidine rings is 1. The number of carbonyl (C=O) groups is 1. The van der Waals surface area contributed by atoms with E-state index in [4.69, 9.17) is 4.74 Å². The molecule has 2 fully saturated rings. The Morgan fingerprint density at radius 1 is 1.20 bits per heavy atom. The minimum absolute atomic E-state index is 0.261. The molecule has 2 aliphatic rings. The largest absolute Gasteiger partial charge is 0.480 e. The van der Waals surface area contributed by atoms with Gasteiger partial charge in [0.05, 0.1) is 13.2 Å². The summed E-state index contributed by atoms with van der Waals surface area (Å²) in [5.41, 5.74) is 0.261. The first-order chi connectivity index (χ1) is 9.63. The minimum Gasteiger partial charge on any atom is -0.480 e. The zero-order valence-corrected chi connectivity index (χ0v) is 12.8. The Morgan fingerprint density at radius 2 is 1.80 bits per heavy atom. The van der Waals surface area contributed by atoms with Gasteiger partial charge < -0.3 is 9.84 Å². The van der Waals surface area contributed by atoms with Crippen LogP contribution in [0.5, 0.6) is 0 Å². The van der Waals surface area contributed by atoms with E-state index in [1.807, 2.05) is 6.92 Å². The van der Waals surface area contributed by atoms with Crippen LogP contribution in [-0.2, 0) is 9.53 Å².